The number of nitrogens with zero attached hydrogens (tertiary/aromatic N) is 1. The molecule has 4 nitrogen and oxygen atoms in total. The van der Waals surface area contributed by atoms with Crippen LogP contribution in [0, 0.1) is 11.8 Å². The molecule has 4 rings (SSSR count). The number of Topliss-reactive ketones (excluding diaryl/α,β-unsaturated/α-hetero) is 1. The summed E-state index contributed by atoms with van der Waals surface area (Å²) in [6, 6.07) is 5.86. The van der Waals surface area contributed by atoms with Crippen molar-refractivity contribution >= 4 is 11.9 Å². The summed E-state index contributed by atoms with van der Waals surface area (Å²) in [6.45, 7) is 6.88. The number of fused-ring (bicyclic) bond motifs is 3. The van der Waals surface area contributed by atoms with Crippen LogP contribution in [0.2, 0.25) is 0 Å². The maximum atomic E-state index is 12.4. The highest BCUT2D eigenvalue weighted by molar-refractivity contribution is 6.01. The van der Waals surface area contributed by atoms with Crippen LogP contribution in [0.1, 0.15) is 32.3 Å². The summed E-state index contributed by atoms with van der Waals surface area (Å²) in [5.41, 5.74) is 1.83. The third kappa shape index (κ3) is 3.36. The maximum absolute atomic E-state index is 12.4. The minimum absolute atomic E-state index is 0.224. The third-order valence-corrected chi connectivity index (χ3v) is 4.52. The van der Waals surface area contributed by atoms with Gasteiger partial charge in [-0.15, -0.1) is 0 Å². The number of ketones is 1. The van der Waals surface area contributed by atoms with Gasteiger partial charge in [-0.25, -0.2) is 0 Å². The molecule has 0 aromatic heterocycles. The predicted octanol–water partition coefficient (Wildman–Crippen LogP) is 3.37. The van der Waals surface area contributed by atoms with E-state index in [9.17, 15) is 4.79 Å². The van der Waals surface area contributed by atoms with Gasteiger partial charge in [-0.05, 0) is 42.5 Å². The Labute approximate surface area is 138 Å². The van der Waals surface area contributed by atoms with E-state index in [-0.39, 0.29) is 5.92 Å². The molecule has 124 valence electrons. The number of allylic oxidation sites excluding steroid dienone is 1. The molecule has 3 aliphatic heterocycles. The SMILES string of the molecule is COc1cc(C=C2C(=O)C3CCN2CC3)ccc1OCC(C)C. The van der Waals surface area contributed by atoms with Gasteiger partial charge in [0.1, 0.15) is 0 Å². The van der Waals surface area contributed by atoms with Gasteiger partial charge in [0.2, 0.25) is 0 Å². The molecule has 0 spiro atoms. The van der Waals surface area contributed by atoms with E-state index in [1.165, 1.54) is 0 Å². The lowest BCUT2D eigenvalue weighted by molar-refractivity contribution is -0.125. The Bertz CT molecular complexity index is 613. The van der Waals surface area contributed by atoms with Crippen molar-refractivity contribution in [1.29, 1.82) is 0 Å². The van der Waals surface area contributed by atoms with Crippen molar-refractivity contribution < 1.29 is 14.3 Å². The zero-order valence-corrected chi connectivity index (χ0v) is 14.2. The van der Waals surface area contributed by atoms with Gasteiger partial charge in [-0.1, -0.05) is 19.9 Å². The lowest BCUT2D eigenvalue weighted by Crippen LogP contribution is -2.45. The van der Waals surface area contributed by atoms with Crippen molar-refractivity contribution in [2.75, 3.05) is 26.8 Å². The lowest BCUT2D eigenvalue weighted by Gasteiger charge is -2.41. The van der Waals surface area contributed by atoms with Crippen molar-refractivity contribution in [3.8, 4) is 11.5 Å². The molecule has 0 unspecified atom stereocenters. The van der Waals surface area contributed by atoms with Crippen molar-refractivity contribution in [3.63, 3.8) is 0 Å². The van der Waals surface area contributed by atoms with Gasteiger partial charge in [0.05, 0.1) is 19.4 Å². The van der Waals surface area contributed by atoms with Gasteiger partial charge in [0.15, 0.2) is 17.3 Å². The number of hydrogen-bond donors (Lipinski definition) is 0. The molecule has 3 fully saturated rings. The fourth-order valence-corrected chi connectivity index (χ4v) is 3.22. The summed E-state index contributed by atoms with van der Waals surface area (Å²) in [7, 11) is 1.64. The molecule has 3 saturated heterocycles. The first-order valence-corrected chi connectivity index (χ1v) is 8.40. The highest BCUT2D eigenvalue weighted by atomic mass is 16.5. The molecule has 0 radical (unpaired) electrons. The van der Waals surface area contributed by atoms with E-state index in [0.717, 1.165) is 42.9 Å². The number of piperidine rings is 3. The monoisotopic (exact) mass is 315 g/mol. The molecule has 23 heavy (non-hydrogen) atoms. The lowest BCUT2D eigenvalue weighted by atomic mass is 9.84. The number of rotatable bonds is 5. The van der Waals surface area contributed by atoms with Gasteiger partial charge >= 0.3 is 0 Å². The second kappa shape index (κ2) is 6.65. The molecular formula is C19H25NO3. The first-order chi connectivity index (χ1) is 11.1. The van der Waals surface area contributed by atoms with Crippen LogP contribution in [-0.4, -0.2) is 37.5 Å². The Balaban J connectivity index is 1.83. The van der Waals surface area contributed by atoms with Crippen LogP contribution in [0.4, 0.5) is 0 Å². The number of hydrogen-bond acceptors (Lipinski definition) is 4. The first kappa shape index (κ1) is 15.9. The predicted molar refractivity (Wildman–Crippen MR) is 90.6 cm³/mol. The zero-order chi connectivity index (χ0) is 16.4. The largest absolute Gasteiger partial charge is 0.493 e. The molecule has 4 heteroatoms. The highest BCUT2D eigenvalue weighted by Gasteiger charge is 2.36. The Kier molecular flexibility index (Phi) is 4.60. The van der Waals surface area contributed by atoms with E-state index in [2.05, 4.69) is 18.7 Å². The van der Waals surface area contributed by atoms with E-state index in [4.69, 9.17) is 9.47 Å². The molecule has 3 aliphatic rings. The maximum Gasteiger partial charge on any atom is 0.182 e. The molecule has 3 heterocycles. The van der Waals surface area contributed by atoms with Crippen LogP contribution in [-0.2, 0) is 4.79 Å². The summed E-state index contributed by atoms with van der Waals surface area (Å²) in [5, 5.41) is 0. The van der Waals surface area contributed by atoms with E-state index >= 15 is 0 Å². The van der Waals surface area contributed by atoms with Gasteiger partial charge in [-0.2, -0.15) is 0 Å². The number of ether oxygens (including phenoxy) is 2. The smallest absolute Gasteiger partial charge is 0.182 e. The Hall–Kier alpha value is -1.97. The van der Waals surface area contributed by atoms with E-state index < -0.39 is 0 Å². The van der Waals surface area contributed by atoms with Crippen molar-refractivity contribution in [2.45, 2.75) is 26.7 Å². The normalized spacial score (nSPS) is 19.7. The molecule has 0 N–H and O–H groups in total. The molecule has 1 aromatic carbocycles. The minimum atomic E-state index is 0.224. The summed E-state index contributed by atoms with van der Waals surface area (Å²) >= 11 is 0. The molecule has 1 aromatic rings. The van der Waals surface area contributed by atoms with Crippen LogP contribution in [0.3, 0.4) is 0 Å². The average molecular weight is 315 g/mol. The fourth-order valence-electron chi connectivity index (χ4n) is 3.22. The van der Waals surface area contributed by atoms with Crippen LogP contribution in [0.15, 0.2) is 23.9 Å². The van der Waals surface area contributed by atoms with Crippen molar-refractivity contribution in [2.24, 2.45) is 11.8 Å². The molecular weight excluding hydrogens is 290 g/mol. The summed E-state index contributed by atoms with van der Waals surface area (Å²) in [5.74, 6) is 2.44. The van der Waals surface area contributed by atoms with Crippen LogP contribution >= 0.6 is 0 Å². The standard InChI is InChI=1S/C19H25NO3/c1-13(2)12-23-17-5-4-14(11-18(17)22-3)10-16-19(21)15-6-8-20(16)9-7-15/h4-5,10-11,13,15H,6-9,12H2,1-3H3. The van der Waals surface area contributed by atoms with Gasteiger partial charge < -0.3 is 14.4 Å². The van der Waals surface area contributed by atoms with E-state index in [1.54, 1.807) is 7.11 Å². The number of carbonyl (C=O) groups excluding carboxylic acids is 1. The molecule has 0 amide bonds. The average Bonchev–Trinajstić information content (AvgIpc) is 2.57. The van der Waals surface area contributed by atoms with E-state index in [0.29, 0.717) is 24.1 Å². The molecule has 2 bridgehead atoms. The van der Waals surface area contributed by atoms with E-state index in [1.807, 2.05) is 24.3 Å². The Morgan fingerprint density at radius 3 is 2.61 bits per heavy atom. The summed E-state index contributed by atoms with van der Waals surface area (Å²) in [4.78, 5) is 14.6. The highest BCUT2D eigenvalue weighted by Crippen LogP contribution is 2.34. The molecule has 0 saturated carbocycles. The minimum Gasteiger partial charge on any atom is -0.493 e. The summed E-state index contributed by atoms with van der Waals surface area (Å²) in [6.07, 6.45) is 3.99. The van der Waals surface area contributed by atoms with Crippen LogP contribution < -0.4 is 9.47 Å². The fraction of sp³-hybridized carbons (Fsp3) is 0.526. The Morgan fingerprint density at radius 1 is 1.26 bits per heavy atom. The second-order valence-electron chi connectivity index (χ2n) is 6.77. The van der Waals surface area contributed by atoms with Gasteiger partial charge in [0.25, 0.3) is 0 Å². The Morgan fingerprint density at radius 2 is 2.00 bits per heavy atom. The topological polar surface area (TPSA) is 38.8 Å². The number of methoxy groups -OCH3 is 1. The number of benzene rings is 1. The first-order valence-electron chi connectivity index (χ1n) is 8.40. The quantitative estimate of drug-likeness (QED) is 0.781. The second-order valence-corrected chi connectivity index (χ2v) is 6.77. The van der Waals surface area contributed by atoms with Gasteiger partial charge in [0, 0.05) is 19.0 Å². The van der Waals surface area contributed by atoms with Crippen LogP contribution in [0.25, 0.3) is 6.08 Å². The third-order valence-electron chi connectivity index (χ3n) is 4.52. The number of carbonyl (C=O) groups is 1. The molecule has 0 atom stereocenters. The molecule has 0 aliphatic carbocycles. The van der Waals surface area contributed by atoms with Crippen LogP contribution in [0.5, 0.6) is 11.5 Å². The zero-order valence-electron chi connectivity index (χ0n) is 14.2. The van der Waals surface area contributed by atoms with Crippen molar-refractivity contribution in [1.82, 2.24) is 4.90 Å². The van der Waals surface area contributed by atoms with Gasteiger partial charge in [-0.3, -0.25) is 4.79 Å². The van der Waals surface area contributed by atoms with Crippen molar-refractivity contribution in [3.05, 3.63) is 29.5 Å². The summed E-state index contributed by atoms with van der Waals surface area (Å²) < 4.78 is 11.2.